The predicted molar refractivity (Wildman–Crippen MR) is 161 cm³/mol. The van der Waals surface area contributed by atoms with Crippen molar-refractivity contribution in [2.45, 2.75) is 33.3 Å². The summed E-state index contributed by atoms with van der Waals surface area (Å²) in [7, 11) is 0. The molecule has 0 saturated carbocycles. The van der Waals surface area contributed by atoms with E-state index in [9.17, 15) is 14.4 Å². The molecule has 0 aromatic heterocycles. The van der Waals surface area contributed by atoms with Crippen LogP contribution in [0.25, 0.3) is 6.08 Å². The average molecular weight is 571 g/mol. The van der Waals surface area contributed by atoms with Crippen LogP contribution in [0.2, 0.25) is 0 Å². The van der Waals surface area contributed by atoms with Crippen LogP contribution >= 0.6 is 12.2 Å². The summed E-state index contributed by atoms with van der Waals surface area (Å²) < 4.78 is 12.0. The molecule has 2 N–H and O–H groups in total. The van der Waals surface area contributed by atoms with E-state index >= 15 is 0 Å². The van der Waals surface area contributed by atoms with Crippen molar-refractivity contribution in [2.75, 3.05) is 11.5 Å². The second-order valence-electron chi connectivity index (χ2n) is 9.20. The molecule has 1 saturated heterocycles. The molecule has 1 fully saturated rings. The molecule has 3 aromatic rings. The molecule has 1 heterocycles. The van der Waals surface area contributed by atoms with Gasteiger partial charge in [-0.3, -0.25) is 19.8 Å². The van der Waals surface area contributed by atoms with E-state index in [0.717, 1.165) is 23.1 Å². The number of hydrogen-bond donors (Lipinski definition) is 2. The fraction of sp³-hybridized carbons (Fsp3) is 0.188. The SMILES string of the molecule is C=CCc1cc(/C=C2\C(=O)NC(=S)N(c3ccc(CC)cc3)C2=O)cc(OCC)c1OCc1ccc(C(=O)O)cc1. The molecule has 2 amide bonds. The zero-order valence-corrected chi connectivity index (χ0v) is 23.6. The first-order chi connectivity index (χ1) is 19.7. The number of carboxylic acid groups (broad SMARTS) is 1. The predicted octanol–water partition coefficient (Wildman–Crippen LogP) is 5.48. The topological polar surface area (TPSA) is 105 Å². The Balaban J connectivity index is 1.68. The number of nitrogens with zero attached hydrogens (tertiary/aromatic N) is 1. The van der Waals surface area contributed by atoms with Crippen molar-refractivity contribution >= 4 is 46.9 Å². The second-order valence-corrected chi connectivity index (χ2v) is 9.59. The number of amides is 2. The van der Waals surface area contributed by atoms with Gasteiger partial charge in [0.15, 0.2) is 16.6 Å². The molecule has 1 aliphatic heterocycles. The number of ether oxygens (including phenoxy) is 2. The summed E-state index contributed by atoms with van der Waals surface area (Å²) >= 11 is 5.33. The number of carboxylic acids is 1. The largest absolute Gasteiger partial charge is 0.490 e. The molecule has 0 atom stereocenters. The highest BCUT2D eigenvalue weighted by atomic mass is 32.1. The standard InChI is InChI=1S/C32H30N2O6S/c1-4-7-24-16-22(18-27(39-6-3)28(24)40-19-21-8-12-23(13-9-21)31(37)38)17-26-29(35)33-32(41)34(30(26)36)25-14-10-20(5-2)11-15-25/h4,8-18H,1,5-7,19H2,2-3H3,(H,37,38)(H,33,35,41)/b26-17+. The normalized spacial score (nSPS) is 14.1. The molecule has 0 bridgehead atoms. The van der Waals surface area contributed by atoms with E-state index in [2.05, 4.69) is 11.9 Å². The van der Waals surface area contributed by atoms with Gasteiger partial charge in [-0.05, 0) is 91.1 Å². The Morgan fingerprint density at radius 2 is 1.71 bits per heavy atom. The van der Waals surface area contributed by atoms with Crippen molar-refractivity contribution in [1.82, 2.24) is 5.32 Å². The highest BCUT2D eigenvalue weighted by Gasteiger charge is 2.34. The number of benzene rings is 3. The van der Waals surface area contributed by atoms with Crippen LogP contribution in [0, 0.1) is 0 Å². The van der Waals surface area contributed by atoms with Crippen LogP contribution in [0.5, 0.6) is 11.5 Å². The summed E-state index contributed by atoms with van der Waals surface area (Å²) in [6.45, 7) is 8.25. The lowest BCUT2D eigenvalue weighted by Gasteiger charge is -2.29. The van der Waals surface area contributed by atoms with E-state index in [-0.39, 0.29) is 22.9 Å². The summed E-state index contributed by atoms with van der Waals surface area (Å²) in [4.78, 5) is 38.9. The third-order valence-corrected chi connectivity index (χ3v) is 6.70. The smallest absolute Gasteiger partial charge is 0.335 e. The van der Waals surface area contributed by atoms with Crippen molar-refractivity contribution in [3.05, 3.63) is 107 Å². The molecular weight excluding hydrogens is 540 g/mol. The van der Waals surface area contributed by atoms with Crippen molar-refractivity contribution in [2.24, 2.45) is 0 Å². The fourth-order valence-corrected chi connectivity index (χ4v) is 4.62. The zero-order chi connectivity index (χ0) is 29.5. The van der Waals surface area contributed by atoms with E-state index < -0.39 is 17.8 Å². The third kappa shape index (κ3) is 6.70. The van der Waals surface area contributed by atoms with E-state index in [1.165, 1.54) is 23.1 Å². The van der Waals surface area contributed by atoms with Gasteiger partial charge in [-0.15, -0.1) is 6.58 Å². The highest BCUT2D eigenvalue weighted by Crippen LogP contribution is 2.36. The van der Waals surface area contributed by atoms with Crippen LogP contribution in [-0.4, -0.2) is 34.6 Å². The number of aromatic carboxylic acids is 1. The number of carbonyl (C=O) groups excluding carboxylic acids is 2. The van der Waals surface area contributed by atoms with Crippen LogP contribution in [0.15, 0.2) is 78.9 Å². The Morgan fingerprint density at radius 3 is 2.32 bits per heavy atom. The van der Waals surface area contributed by atoms with Crippen LogP contribution in [0.4, 0.5) is 5.69 Å². The second kappa shape index (κ2) is 13.1. The van der Waals surface area contributed by atoms with Crippen molar-refractivity contribution < 1.29 is 29.0 Å². The van der Waals surface area contributed by atoms with Gasteiger partial charge in [-0.25, -0.2) is 4.79 Å². The molecule has 0 radical (unpaired) electrons. The van der Waals surface area contributed by atoms with Gasteiger partial charge in [-0.2, -0.15) is 0 Å². The molecule has 3 aromatic carbocycles. The molecule has 0 spiro atoms. The number of rotatable bonds is 11. The molecule has 9 heteroatoms. The Kier molecular flexibility index (Phi) is 9.31. The van der Waals surface area contributed by atoms with Gasteiger partial charge < -0.3 is 14.6 Å². The van der Waals surface area contributed by atoms with Gasteiger partial charge in [0.25, 0.3) is 11.8 Å². The van der Waals surface area contributed by atoms with E-state index in [1.54, 1.807) is 36.4 Å². The number of hydrogen-bond acceptors (Lipinski definition) is 6. The van der Waals surface area contributed by atoms with Gasteiger partial charge in [0.2, 0.25) is 0 Å². The minimum Gasteiger partial charge on any atom is -0.490 e. The average Bonchev–Trinajstić information content (AvgIpc) is 2.95. The first-order valence-corrected chi connectivity index (χ1v) is 13.5. The maximum Gasteiger partial charge on any atom is 0.335 e. The number of aryl methyl sites for hydroxylation is 1. The lowest BCUT2D eigenvalue weighted by Crippen LogP contribution is -2.54. The van der Waals surface area contributed by atoms with Crippen LogP contribution in [0.3, 0.4) is 0 Å². The fourth-order valence-electron chi connectivity index (χ4n) is 4.34. The number of anilines is 1. The van der Waals surface area contributed by atoms with Gasteiger partial charge in [-0.1, -0.05) is 37.3 Å². The summed E-state index contributed by atoms with van der Waals surface area (Å²) in [5.74, 6) is -1.19. The molecule has 0 unspecified atom stereocenters. The Morgan fingerprint density at radius 1 is 1.02 bits per heavy atom. The molecule has 41 heavy (non-hydrogen) atoms. The van der Waals surface area contributed by atoms with Crippen LogP contribution in [-0.2, 0) is 29.0 Å². The molecule has 210 valence electrons. The number of thiocarbonyl (C=S) groups is 1. The molecular formula is C32H30N2O6S. The summed E-state index contributed by atoms with van der Waals surface area (Å²) in [5, 5.41) is 11.8. The van der Waals surface area contributed by atoms with Crippen molar-refractivity contribution in [3.63, 3.8) is 0 Å². The zero-order valence-electron chi connectivity index (χ0n) is 22.8. The molecule has 4 rings (SSSR count). The maximum atomic E-state index is 13.5. The Labute approximate surface area is 243 Å². The monoisotopic (exact) mass is 570 g/mol. The van der Waals surface area contributed by atoms with E-state index in [0.29, 0.717) is 35.8 Å². The lowest BCUT2D eigenvalue weighted by molar-refractivity contribution is -0.122. The third-order valence-electron chi connectivity index (χ3n) is 6.42. The number of nitrogens with one attached hydrogen (secondary N) is 1. The van der Waals surface area contributed by atoms with Crippen LogP contribution < -0.4 is 19.7 Å². The molecule has 0 aliphatic carbocycles. The van der Waals surface area contributed by atoms with Gasteiger partial charge in [0.05, 0.1) is 17.9 Å². The Hall–Kier alpha value is -4.76. The first-order valence-electron chi connectivity index (χ1n) is 13.1. The number of carbonyl (C=O) groups is 3. The minimum atomic E-state index is -1.00. The summed E-state index contributed by atoms with van der Waals surface area (Å²) in [5.41, 5.74) is 3.87. The van der Waals surface area contributed by atoms with Gasteiger partial charge in [0, 0.05) is 5.56 Å². The van der Waals surface area contributed by atoms with Gasteiger partial charge in [0.1, 0.15) is 12.2 Å². The molecule has 8 nitrogen and oxygen atoms in total. The van der Waals surface area contributed by atoms with E-state index in [4.69, 9.17) is 26.8 Å². The van der Waals surface area contributed by atoms with E-state index in [1.807, 2.05) is 32.0 Å². The quantitative estimate of drug-likeness (QED) is 0.136. The lowest BCUT2D eigenvalue weighted by atomic mass is 10.0. The maximum absolute atomic E-state index is 13.5. The minimum absolute atomic E-state index is 0.0175. The number of allylic oxidation sites excluding steroid dienone is 1. The van der Waals surface area contributed by atoms with Crippen molar-refractivity contribution in [3.8, 4) is 11.5 Å². The molecule has 1 aliphatic rings. The van der Waals surface area contributed by atoms with Crippen molar-refractivity contribution in [1.29, 1.82) is 0 Å². The first kappa shape index (κ1) is 29.2. The highest BCUT2D eigenvalue weighted by molar-refractivity contribution is 7.80. The van der Waals surface area contributed by atoms with Crippen LogP contribution in [0.1, 0.15) is 46.5 Å². The van der Waals surface area contributed by atoms with Gasteiger partial charge >= 0.3 is 5.97 Å². The summed E-state index contributed by atoms with van der Waals surface area (Å²) in [6, 6.07) is 17.4. The summed E-state index contributed by atoms with van der Waals surface area (Å²) in [6.07, 6.45) is 4.52. The Bertz CT molecular complexity index is 1530.